The summed E-state index contributed by atoms with van der Waals surface area (Å²) in [6.45, 7) is 4.68. The van der Waals surface area contributed by atoms with Gasteiger partial charge in [0.25, 0.3) is 0 Å². The van der Waals surface area contributed by atoms with Crippen molar-refractivity contribution >= 4 is 5.96 Å². The molecule has 0 saturated heterocycles. The van der Waals surface area contributed by atoms with Crippen LogP contribution in [-0.4, -0.2) is 32.8 Å². The molecule has 0 unspecified atom stereocenters. The Kier molecular flexibility index (Phi) is 10.7. The lowest BCUT2D eigenvalue weighted by molar-refractivity contribution is 0.128. The van der Waals surface area contributed by atoms with E-state index in [4.69, 9.17) is 10.1 Å². The monoisotopic (exact) mass is 215 g/mol. The van der Waals surface area contributed by atoms with Crippen LogP contribution in [0.4, 0.5) is 0 Å². The van der Waals surface area contributed by atoms with Crippen LogP contribution in [0.2, 0.25) is 0 Å². The van der Waals surface area contributed by atoms with Crippen LogP contribution in [0.25, 0.3) is 0 Å². The van der Waals surface area contributed by atoms with Crippen LogP contribution in [0, 0.1) is 5.41 Å². The van der Waals surface area contributed by atoms with Gasteiger partial charge in [0.15, 0.2) is 5.96 Å². The fourth-order valence-electron chi connectivity index (χ4n) is 1.21. The molecule has 0 aromatic rings. The quantitative estimate of drug-likeness (QED) is 0.312. The van der Waals surface area contributed by atoms with E-state index in [1.165, 1.54) is 25.7 Å². The molecule has 0 fully saturated rings. The molecule has 0 rings (SSSR count). The lowest BCUT2D eigenvalue weighted by Crippen LogP contribution is -2.34. The molecule has 0 spiro atoms. The van der Waals surface area contributed by atoms with Crippen molar-refractivity contribution in [1.82, 2.24) is 10.6 Å². The van der Waals surface area contributed by atoms with Gasteiger partial charge < -0.3 is 15.4 Å². The van der Waals surface area contributed by atoms with Crippen molar-refractivity contribution < 1.29 is 4.74 Å². The number of rotatable bonds is 9. The van der Waals surface area contributed by atoms with Gasteiger partial charge in [-0.2, -0.15) is 0 Å². The highest BCUT2D eigenvalue weighted by molar-refractivity contribution is 5.75. The standard InChI is InChI=1S/C11H25N3O/c1-3-4-5-6-9-15-10-7-8-14-11(12)13-2/h3-10H2,1-2H3,(H3,12,13,14). The maximum Gasteiger partial charge on any atom is 0.188 e. The van der Waals surface area contributed by atoms with Gasteiger partial charge in [0.05, 0.1) is 0 Å². The molecule has 0 bridgehead atoms. The first kappa shape index (κ1) is 14.2. The Bertz CT molecular complexity index is 151. The lowest BCUT2D eigenvalue weighted by atomic mass is 10.2. The zero-order valence-corrected chi connectivity index (χ0v) is 10.1. The maximum absolute atomic E-state index is 7.27. The first-order valence-electron chi connectivity index (χ1n) is 5.89. The molecular formula is C11H25N3O. The minimum atomic E-state index is 0.373. The van der Waals surface area contributed by atoms with Gasteiger partial charge in [0.2, 0.25) is 0 Å². The molecule has 0 aromatic heterocycles. The average molecular weight is 215 g/mol. The first-order valence-corrected chi connectivity index (χ1v) is 5.89. The summed E-state index contributed by atoms with van der Waals surface area (Å²) in [7, 11) is 1.74. The third-order valence-corrected chi connectivity index (χ3v) is 2.16. The Balaban J connectivity index is 2.95. The molecule has 3 N–H and O–H groups in total. The van der Waals surface area contributed by atoms with E-state index in [1.807, 2.05) is 0 Å². The van der Waals surface area contributed by atoms with Crippen LogP contribution in [0.1, 0.15) is 39.0 Å². The topological polar surface area (TPSA) is 57.1 Å². The maximum atomic E-state index is 7.27. The fourth-order valence-corrected chi connectivity index (χ4v) is 1.21. The summed E-state index contributed by atoms with van der Waals surface area (Å²) in [5.41, 5.74) is 0. The van der Waals surface area contributed by atoms with Gasteiger partial charge in [-0.1, -0.05) is 26.2 Å². The molecule has 0 saturated carbocycles. The molecule has 0 heterocycles. The van der Waals surface area contributed by atoms with Gasteiger partial charge >= 0.3 is 0 Å². The van der Waals surface area contributed by atoms with E-state index in [1.54, 1.807) is 7.05 Å². The number of guanidine groups is 1. The van der Waals surface area contributed by atoms with Crippen LogP contribution >= 0.6 is 0 Å². The van der Waals surface area contributed by atoms with E-state index in [0.717, 1.165) is 26.2 Å². The Morgan fingerprint density at radius 3 is 2.53 bits per heavy atom. The van der Waals surface area contributed by atoms with Gasteiger partial charge in [0, 0.05) is 26.8 Å². The summed E-state index contributed by atoms with van der Waals surface area (Å²) >= 11 is 0. The van der Waals surface area contributed by atoms with Crippen molar-refractivity contribution in [2.45, 2.75) is 39.0 Å². The van der Waals surface area contributed by atoms with Gasteiger partial charge in [-0.05, 0) is 12.8 Å². The smallest absolute Gasteiger partial charge is 0.188 e. The summed E-state index contributed by atoms with van der Waals surface area (Å²) in [5, 5.41) is 12.9. The van der Waals surface area contributed by atoms with Crippen molar-refractivity contribution in [3.05, 3.63) is 0 Å². The molecule has 0 radical (unpaired) electrons. The predicted molar refractivity (Wildman–Crippen MR) is 64.4 cm³/mol. The summed E-state index contributed by atoms with van der Waals surface area (Å²) in [6.07, 6.45) is 5.99. The van der Waals surface area contributed by atoms with E-state index < -0.39 is 0 Å². The number of nitrogens with one attached hydrogen (secondary N) is 3. The number of unbranched alkanes of at least 4 members (excludes halogenated alkanes) is 3. The molecular weight excluding hydrogens is 190 g/mol. The molecule has 0 aliphatic carbocycles. The second-order valence-electron chi connectivity index (χ2n) is 3.58. The summed E-state index contributed by atoms with van der Waals surface area (Å²) in [4.78, 5) is 0. The van der Waals surface area contributed by atoms with Crippen LogP contribution in [0.5, 0.6) is 0 Å². The summed E-state index contributed by atoms with van der Waals surface area (Å²) in [5.74, 6) is 0.373. The van der Waals surface area contributed by atoms with E-state index in [-0.39, 0.29) is 0 Å². The van der Waals surface area contributed by atoms with E-state index in [9.17, 15) is 0 Å². The average Bonchev–Trinajstić information content (AvgIpc) is 2.26. The van der Waals surface area contributed by atoms with Crippen molar-refractivity contribution in [3.8, 4) is 0 Å². The molecule has 90 valence electrons. The third kappa shape index (κ3) is 11.2. The van der Waals surface area contributed by atoms with Crippen LogP contribution in [0.3, 0.4) is 0 Å². The zero-order chi connectivity index (χ0) is 11.4. The van der Waals surface area contributed by atoms with E-state index in [0.29, 0.717) is 5.96 Å². The second-order valence-corrected chi connectivity index (χ2v) is 3.58. The highest BCUT2D eigenvalue weighted by Gasteiger charge is 1.92. The fraction of sp³-hybridized carbons (Fsp3) is 0.909. The highest BCUT2D eigenvalue weighted by atomic mass is 16.5. The van der Waals surface area contributed by atoms with E-state index in [2.05, 4.69) is 17.6 Å². The lowest BCUT2D eigenvalue weighted by Gasteiger charge is -2.07. The van der Waals surface area contributed by atoms with Crippen molar-refractivity contribution in [2.75, 3.05) is 26.8 Å². The van der Waals surface area contributed by atoms with E-state index >= 15 is 0 Å². The van der Waals surface area contributed by atoms with Gasteiger partial charge in [-0.25, -0.2) is 0 Å². The Morgan fingerprint density at radius 2 is 1.87 bits per heavy atom. The third-order valence-electron chi connectivity index (χ3n) is 2.16. The molecule has 4 heteroatoms. The summed E-state index contributed by atoms with van der Waals surface area (Å²) in [6, 6.07) is 0. The molecule has 0 amide bonds. The van der Waals surface area contributed by atoms with Crippen molar-refractivity contribution in [2.24, 2.45) is 0 Å². The second kappa shape index (κ2) is 11.3. The largest absolute Gasteiger partial charge is 0.381 e. The summed E-state index contributed by atoms with van der Waals surface area (Å²) < 4.78 is 5.46. The van der Waals surface area contributed by atoms with Gasteiger partial charge in [-0.15, -0.1) is 0 Å². The van der Waals surface area contributed by atoms with Gasteiger partial charge in [0.1, 0.15) is 0 Å². The Morgan fingerprint density at radius 1 is 1.13 bits per heavy atom. The van der Waals surface area contributed by atoms with Crippen LogP contribution in [-0.2, 0) is 4.74 Å². The number of ether oxygens (including phenoxy) is 1. The number of hydrogen-bond acceptors (Lipinski definition) is 2. The molecule has 0 aromatic carbocycles. The Labute approximate surface area is 93.3 Å². The van der Waals surface area contributed by atoms with Crippen molar-refractivity contribution in [3.63, 3.8) is 0 Å². The minimum absolute atomic E-state index is 0.373. The SMILES string of the molecule is CCCCCCOCCCNC(=N)NC. The predicted octanol–water partition coefficient (Wildman–Crippen LogP) is 1.72. The van der Waals surface area contributed by atoms with Crippen LogP contribution < -0.4 is 10.6 Å². The first-order chi connectivity index (χ1) is 7.31. The molecule has 15 heavy (non-hydrogen) atoms. The van der Waals surface area contributed by atoms with Crippen LogP contribution in [0.15, 0.2) is 0 Å². The highest BCUT2D eigenvalue weighted by Crippen LogP contribution is 1.98. The Hall–Kier alpha value is -0.770. The molecule has 0 aliphatic heterocycles. The minimum Gasteiger partial charge on any atom is -0.381 e. The molecule has 0 atom stereocenters. The van der Waals surface area contributed by atoms with Crippen molar-refractivity contribution in [1.29, 1.82) is 5.41 Å². The zero-order valence-electron chi connectivity index (χ0n) is 10.1. The molecule has 0 aliphatic rings. The number of hydrogen-bond donors (Lipinski definition) is 3. The molecule has 4 nitrogen and oxygen atoms in total. The van der Waals surface area contributed by atoms with Gasteiger partial charge in [-0.3, -0.25) is 5.41 Å². The normalized spacial score (nSPS) is 10.0.